The van der Waals surface area contributed by atoms with Gasteiger partial charge in [-0.05, 0) is 42.8 Å². The van der Waals surface area contributed by atoms with E-state index < -0.39 is 6.10 Å². The first kappa shape index (κ1) is 14.6. The van der Waals surface area contributed by atoms with Crippen LogP contribution < -0.4 is 10.1 Å². The lowest BCUT2D eigenvalue weighted by molar-refractivity contribution is 0.140. The van der Waals surface area contributed by atoms with Crippen LogP contribution in [0.2, 0.25) is 0 Å². The summed E-state index contributed by atoms with van der Waals surface area (Å²) in [7, 11) is 3.51. The third-order valence-electron chi connectivity index (χ3n) is 3.60. The Labute approximate surface area is 120 Å². The van der Waals surface area contributed by atoms with E-state index in [-0.39, 0.29) is 6.04 Å². The van der Waals surface area contributed by atoms with Gasteiger partial charge < -0.3 is 15.2 Å². The van der Waals surface area contributed by atoms with Crippen LogP contribution in [0, 0.1) is 0 Å². The van der Waals surface area contributed by atoms with E-state index in [0.717, 1.165) is 22.4 Å². The molecule has 0 saturated carbocycles. The molecule has 20 heavy (non-hydrogen) atoms. The molecule has 0 aromatic heterocycles. The topological polar surface area (TPSA) is 41.5 Å². The maximum absolute atomic E-state index is 10.1. The van der Waals surface area contributed by atoms with Crippen molar-refractivity contribution in [1.29, 1.82) is 0 Å². The summed E-state index contributed by atoms with van der Waals surface area (Å²) in [5.41, 5.74) is 3.18. The molecular formula is C17H21NO2. The number of ether oxygens (including phenoxy) is 1. The number of rotatable bonds is 5. The molecule has 2 atom stereocenters. The van der Waals surface area contributed by atoms with E-state index >= 15 is 0 Å². The monoisotopic (exact) mass is 271 g/mol. The van der Waals surface area contributed by atoms with Crippen molar-refractivity contribution in [3.05, 3.63) is 54.1 Å². The molecule has 0 aliphatic heterocycles. The Kier molecular flexibility index (Phi) is 4.77. The molecule has 0 aliphatic carbocycles. The van der Waals surface area contributed by atoms with Crippen LogP contribution in [0.5, 0.6) is 5.75 Å². The van der Waals surface area contributed by atoms with Crippen molar-refractivity contribution in [2.45, 2.75) is 19.1 Å². The number of nitrogens with one attached hydrogen (secondary N) is 1. The van der Waals surface area contributed by atoms with Gasteiger partial charge in [0.1, 0.15) is 5.75 Å². The second-order valence-electron chi connectivity index (χ2n) is 4.87. The highest BCUT2D eigenvalue weighted by atomic mass is 16.5. The minimum Gasteiger partial charge on any atom is -0.497 e. The SMILES string of the molecule is CNC(C)C(O)c1ccc(-c2ccc(OC)cc2)cc1. The number of methoxy groups -OCH3 is 1. The van der Waals surface area contributed by atoms with Gasteiger partial charge >= 0.3 is 0 Å². The summed E-state index contributed by atoms with van der Waals surface area (Å²) in [5.74, 6) is 0.851. The van der Waals surface area contributed by atoms with Gasteiger partial charge in [0.15, 0.2) is 0 Å². The minimum atomic E-state index is -0.495. The molecule has 0 bridgehead atoms. The molecule has 2 unspecified atom stereocenters. The average molecular weight is 271 g/mol. The van der Waals surface area contributed by atoms with E-state index in [9.17, 15) is 5.11 Å². The van der Waals surface area contributed by atoms with E-state index in [0.29, 0.717) is 0 Å². The van der Waals surface area contributed by atoms with Gasteiger partial charge in [0.25, 0.3) is 0 Å². The summed E-state index contributed by atoms with van der Waals surface area (Å²) in [4.78, 5) is 0. The Balaban J connectivity index is 2.18. The van der Waals surface area contributed by atoms with E-state index in [1.54, 1.807) is 7.11 Å². The molecule has 2 rings (SSSR count). The third kappa shape index (κ3) is 3.18. The van der Waals surface area contributed by atoms with Crippen LogP contribution >= 0.6 is 0 Å². The van der Waals surface area contributed by atoms with Crippen LogP contribution in [-0.4, -0.2) is 25.3 Å². The molecule has 2 aromatic rings. The van der Waals surface area contributed by atoms with E-state index in [1.807, 2.05) is 62.5 Å². The highest BCUT2D eigenvalue weighted by Gasteiger charge is 2.14. The quantitative estimate of drug-likeness (QED) is 0.878. The zero-order valence-electron chi connectivity index (χ0n) is 12.1. The van der Waals surface area contributed by atoms with Gasteiger partial charge in [0.2, 0.25) is 0 Å². The molecule has 0 fully saturated rings. The third-order valence-corrected chi connectivity index (χ3v) is 3.60. The van der Waals surface area contributed by atoms with Gasteiger partial charge in [-0.15, -0.1) is 0 Å². The second kappa shape index (κ2) is 6.55. The molecule has 0 spiro atoms. The zero-order valence-corrected chi connectivity index (χ0v) is 12.1. The highest BCUT2D eigenvalue weighted by Crippen LogP contribution is 2.25. The normalized spacial score (nSPS) is 13.8. The van der Waals surface area contributed by atoms with Crippen LogP contribution in [0.25, 0.3) is 11.1 Å². The van der Waals surface area contributed by atoms with Gasteiger partial charge in [0.05, 0.1) is 13.2 Å². The smallest absolute Gasteiger partial charge is 0.118 e. The fourth-order valence-corrected chi connectivity index (χ4v) is 2.10. The molecule has 0 radical (unpaired) electrons. The first-order valence-corrected chi connectivity index (χ1v) is 6.75. The second-order valence-corrected chi connectivity index (χ2v) is 4.87. The first-order chi connectivity index (χ1) is 9.65. The Morgan fingerprint density at radius 2 is 1.45 bits per heavy atom. The summed E-state index contributed by atoms with van der Waals surface area (Å²) in [6, 6.07) is 16.0. The highest BCUT2D eigenvalue weighted by molar-refractivity contribution is 5.64. The Bertz CT molecular complexity index is 534. The van der Waals surface area contributed by atoms with Crippen LogP contribution in [0.3, 0.4) is 0 Å². The molecule has 0 heterocycles. The fourth-order valence-electron chi connectivity index (χ4n) is 2.10. The van der Waals surface area contributed by atoms with Crippen LogP contribution in [0.4, 0.5) is 0 Å². The van der Waals surface area contributed by atoms with Gasteiger partial charge in [-0.2, -0.15) is 0 Å². The standard InChI is InChI=1S/C17H21NO2/c1-12(18-2)17(19)15-6-4-13(5-7-15)14-8-10-16(20-3)11-9-14/h4-12,17-19H,1-3H3. The Hall–Kier alpha value is -1.84. The van der Waals surface area contributed by atoms with Crippen molar-refractivity contribution in [2.75, 3.05) is 14.2 Å². The Morgan fingerprint density at radius 1 is 0.950 bits per heavy atom. The summed E-state index contributed by atoms with van der Waals surface area (Å²) < 4.78 is 5.15. The summed E-state index contributed by atoms with van der Waals surface area (Å²) >= 11 is 0. The van der Waals surface area contributed by atoms with Crippen LogP contribution in [-0.2, 0) is 0 Å². The lowest BCUT2D eigenvalue weighted by Gasteiger charge is -2.18. The number of benzene rings is 2. The molecule has 0 amide bonds. The number of hydrogen-bond donors (Lipinski definition) is 2. The maximum Gasteiger partial charge on any atom is 0.118 e. The Morgan fingerprint density at radius 3 is 1.90 bits per heavy atom. The number of likely N-dealkylation sites (N-methyl/N-ethyl adjacent to an activating group) is 1. The van der Waals surface area contributed by atoms with Crippen LogP contribution in [0.15, 0.2) is 48.5 Å². The maximum atomic E-state index is 10.1. The molecule has 2 aromatic carbocycles. The van der Waals surface area contributed by atoms with Gasteiger partial charge in [0, 0.05) is 6.04 Å². The lowest BCUT2D eigenvalue weighted by Crippen LogP contribution is -2.28. The molecule has 106 valence electrons. The molecule has 3 heteroatoms. The van der Waals surface area contributed by atoms with Gasteiger partial charge in [-0.25, -0.2) is 0 Å². The van der Waals surface area contributed by atoms with Crippen molar-refractivity contribution >= 4 is 0 Å². The lowest BCUT2D eigenvalue weighted by atomic mass is 9.99. The molecule has 3 nitrogen and oxygen atoms in total. The fraction of sp³-hybridized carbons (Fsp3) is 0.294. The van der Waals surface area contributed by atoms with Crippen molar-refractivity contribution in [1.82, 2.24) is 5.32 Å². The average Bonchev–Trinajstić information content (AvgIpc) is 2.53. The summed E-state index contributed by atoms with van der Waals surface area (Å²) in [5, 5.41) is 13.2. The predicted molar refractivity (Wildman–Crippen MR) is 81.9 cm³/mol. The van der Waals surface area contributed by atoms with Crippen molar-refractivity contribution < 1.29 is 9.84 Å². The number of hydrogen-bond acceptors (Lipinski definition) is 3. The molecule has 0 saturated heterocycles. The largest absolute Gasteiger partial charge is 0.497 e. The molecule has 2 N–H and O–H groups in total. The molecular weight excluding hydrogens is 250 g/mol. The van der Waals surface area contributed by atoms with Crippen molar-refractivity contribution in [2.24, 2.45) is 0 Å². The van der Waals surface area contributed by atoms with E-state index in [2.05, 4.69) is 5.32 Å². The van der Waals surface area contributed by atoms with Crippen molar-refractivity contribution in [3.8, 4) is 16.9 Å². The van der Waals surface area contributed by atoms with E-state index in [4.69, 9.17) is 4.74 Å². The first-order valence-electron chi connectivity index (χ1n) is 6.75. The van der Waals surface area contributed by atoms with Gasteiger partial charge in [-0.3, -0.25) is 0 Å². The van der Waals surface area contributed by atoms with Crippen molar-refractivity contribution in [3.63, 3.8) is 0 Å². The van der Waals surface area contributed by atoms with Gasteiger partial charge in [-0.1, -0.05) is 36.4 Å². The zero-order chi connectivity index (χ0) is 14.5. The number of aliphatic hydroxyl groups is 1. The summed E-state index contributed by atoms with van der Waals surface area (Å²) in [6.07, 6.45) is -0.495. The number of aliphatic hydroxyl groups excluding tert-OH is 1. The summed E-state index contributed by atoms with van der Waals surface area (Å²) in [6.45, 7) is 1.96. The molecule has 0 aliphatic rings. The predicted octanol–water partition coefficient (Wildman–Crippen LogP) is 3.00. The minimum absolute atomic E-state index is 0.0295. The van der Waals surface area contributed by atoms with E-state index in [1.165, 1.54) is 0 Å². The van der Waals surface area contributed by atoms with Crippen LogP contribution in [0.1, 0.15) is 18.6 Å².